The molecule has 0 amide bonds. The summed E-state index contributed by atoms with van der Waals surface area (Å²) in [6, 6.07) is 2.04. The van der Waals surface area contributed by atoms with Gasteiger partial charge in [-0.25, -0.2) is 0 Å². The second-order valence-electron chi connectivity index (χ2n) is 13.2. The summed E-state index contributed by atoms with van der Waals surface area (Å²) in [5.41, 5.74) is 1.95. The average molecular weight is 464 g/mol. The van der Waals surface area contributed by atoms with Crippen molar-refractivity contribution in [2.45, 2.75) is 97.6 Å². The van der Waals surface area contributed by atoms with Crippen LogP contribution in [-0.4, -0.2) is 31.3 Å². The Labute approximate surface area is 203 Å². The van der Waals surface area contributed by atoms with Crippen molar-refractivity contribution in [2.24, 2.45) is 40.4 Å². The van der Waals surface area contributed by atoms with Gasteiger partial charge in [-0.2, -0.15) is 5.10 Å². The second kappa shape index (κ2) is 7.62. The van der Waals surface area contributed by atoms with Gasteiger partial charge in [-0.05, 0) is 112 Å². The summed E-state index contributed by atoms with van der Waals surface area (Å²) in [5.74, 6) is 3.35. The van der Waals surface area contributed by atoms with Crippen molar-refractivity contribution in [3.8, 4) is 0 Å². The summed E-state index contributed by atoms with van der Waals surface area (Å²) >= 11 is 0. The molecule has 2 aromatic rings. The van der Waals surface area contributed by atoms with Crippen LogP contribution in [0, 0.1) is 47.3 Å². The maximum absolute atomic E-state index is 13.7. The molecule has 0 aliphatic heterocycles. The van der Waals surface area contributed by atoms with Crippen molar-refractivity contribution in [3.05, 3.63) is 24.2 Å². The van der Waals surface area contributed by atoms with Gasteiger partial charge in [0.2, 0.25) is 0 Å². The van der Waals surface area contributed by atoms with Crippen molar-refractivity contribution in [3.63, 3.8) is 0 Å². The second-order valence-corrected chi connectivity index (χ2v) is 13.2. The molecule has 0 radical (unpaired) electrons. The molecule has 1 N–H and O–H groups in total. The SMILES string of the molecule is Cc1cc2cnn(CC(=O)[C@H]3CC[C@H]4[C@@H]5CC[C@H]6C[C@](C)(O)CC[C@]6(C)[C@H]5CC[C@]34C)c2cn1. The molecule has 5 heteroatoms. The van der Waals surface area contributed by atoms with Crippen LogP contribution in [0.2, 0.25) is 0 Å². The number of pyridine rings is 1. The topological polar surface area (TPSA) is 68.0 Å². The van der Waals surface area contributed by atoms with Crippen LogP contribution < -0.4 is 0 Å². The minimum atomic E-state index is -0.476. The van der Waals surface area contributed by atoms with Gasteiger partial charge in [-0.1, -0.05) is 13.8 Å². The largest absolute Gasteiger partial charge is 0.390 e. The third-order valence-electron chi connectivity index (χ3n) is 11.3. The molecule has 34 heavy (non-hydrogen) atoms. The van der Waals surface area contributed by atoms with E-state index in [1.165, 1.54) is 32.1 Å². The van der Waals surface area contributed by atoms with Crippen molar-refractivity contribution in [1.29, 1.82) is 0 Å². The molecule has 0 unspecified atom stereocenters. The molecule has 6 rings (SSSR count). The number of aromatic nitrogens is 3. The van der Waals surface area contributed by atoms with Crippen LogP contribution in [0.3, 0.4) is 0 Å². The lowest BCUT2D eigenvalue weighted by atomic mass is 9.44. The monoisotopic (exact) mass is 463 g/mol. The number of aliphatic hydroxyl groups is 1. The summed E-state index contributed by atoms with van der Waals surface area (Å²) in [5, 5.41) is 16.4. The summed E-state index contributed by atoms with van der Waals surface area (Å²) in [6.07, 6.45) is 14.0. The van der Waals surface area contributed by atoms with E-state index in [0.717, 1.165) is 54.1 Å². The Balaban J connectivity index is 1.21. The number of carbonyl (C=O) groups excluding carboxylic acids is 1. The number of hydrogen-bond acceptors (Lipinski definition) is 4. The van der Waals surface area contributed by atoms with Gasteiger partial charge in [-0.3, -0.25) is 14.5 Å². The fourth-order valence-electron chi connectivity index (χ4n) is 9.43. The maximum Gasteiger partial charge on any atom is 0.157 e. The molecule has 184 valence electrons. The molecule has 8 atom stereocenters. The Morgan fingerprint density at radius 2 is 1.82 bits per heavy atom. The molecule has 4 aliphatic carbocycles. The quantitative estimate of drug-likeness (QED) is 0.632. The molecule has 4 fully saturated rings. The highest BCUT2D eigenvalue weighted by Crippen LogP contribution is 2.68. The van der Waals surface area contributed by atoms with Gasteiger partial charge in [0.05, 0.1) is 23.5 Å². The Morgan fingerprint density at radius 1 is 1.03 bits per heavy atom. The molecule has 0 aromatic carbocycles. The van der Waals surface area contributed by atoms with Gasteiger partial charge < -0.3 is 5.11 Å². The predicted molar refractivity (Wildman–Crippen MR) is 133 cm³/mol. The van der Waals surface area contributed by atoms with Crippen LogP contribution in [0.4, 0.5) is 0 Å². The van der Waals surface area contributed by atoms with Crippen LogP contribution in [0.1, 0.15) is 84.3 Å². The highest BCUT2D eigenvalue weighted by atomic mass is 16.3. The van der Waals surface area contributed by atoms with Crippen LogP contribution in [-0.2, 0) is 11.3 Å². The van der Waals surface area contributed by atoms with Crippen LogP contribution in [0.25, 0.3) is 10.9 Å². The molecule has 5 nitrogen and oxygen atoms in total. The first kappa shape index (κ1) is 22.7. The lowest BCUT2D eigenvalue weighted by Crippen LogP contribution is -2.55. The molecule has 0 saturated heterocycles. The number of carbonyl (C=O) groups is 1. The fourth-order valence-corrected chi connectivity index (χ4v) is 9.43. The molecular formula is C29H41N3O2. The number of nitrogens with zero attached hydrogens (tertiary/aromatic N) is 3. The first-order valence-electron chi connectivity index (χ1n) is 13.6. The molecule has 4 saturated carbocycles. The Kier molecular flexibility index (Phi) is 5.09. The lowest BCUT2D eigenvalue weighted by Gasteiger charge is -2.61. The highest BCUT2D eigenvalue weighted by molar-refractivity contribution is 5.85. The zero-order valence-electron chi connectivity index (χ0n) is 21.4. The normalized spacial score (nSPS) is 43.9. The van der Waals surface area contributed by atoms with E-state index < -0.39 is 5.60 Å². The van der Waals surface area contributed by atoms with E-state index in [0.29, 0.717) is 29.6 Å². The van der Waals surface area contributed by atoms with Gasteiger partial charge in [0.25, 0.3) is 0 Å². The van der Waals surface area contributed by atoms with Gasteiger partial charge in [-0.15, -0.1) is 0 Å². The third-order valence-corrected chi connectivity index (χ3v) is 11.3. The first-order chi connectivity index (χ1) is 16.1. The number of rotatable bonds is 3. The predicted octanol–water partition coefficient (Wildman–Crippen LogP) is 5.72. The van der Waals surface area contributed by atoms with Crippen LogP contribution >= 0.6 is 0 Å². The summed E-state index contributed by atoms with van der Waals surface area (Å²) in [6.45, 7) is 9.38. The molecular weight excluding hydrogens is 422 g/mol. The standard InChI is InChI=1S/C29H41N3O2/c1-18-13-19-15-31-32(25(19)16-30-18)17-26(33)24-8-7-22-21-6-5-20-14-27(2,34)11-12-28(20,3)23(21)9-10-29(22,24)4/h13,15-16,20-24,34H,5-12,14,17H2,1-4H3/t20-,21-,22-,23-,24+,27+,28-,29-/m0/s1. The van der Waals surface area contributed by atoms with E-state index in [9.17, 15) is 9.90 Å². The van der Waals surface area contributed by atoms with Gasteiger partial charge >= 0.3 is 0 Å². The number of Topliss-reactive ketones (excluding diaryl/α,β-unsaturated/α-hetero) is 1. The fraction of sp³-hybridized carbons (Fsp3) is 0.759. The smallest absolute Gasteiger partial charge is 0.157 e. The van der Waals surface area contributed by atoms with E-state index in [1.54, 1.807) is 0 Å². The lowest BCUT2D eigenvalue weighted by molar-refractivity contribution is -0.151. The summed E-state index contributed by atoms with van der Waals surface area (Å²) < 4.78 is 1.87. The minimum Gasteiger partial charge on any atom is -0.390 e. The number of fused-ring (bicyclic) bond motifs is 6. The van der Waals surface area contributed by atoms with Crippen LogP contribution in [0.5, 0.6) is 0 Å². The minimum absolute atomic E-state index is 0.124. The number of aryl methyl sites for hydroxylation is 1. The van der Waals surface area contributed by atoms with Crippen molar-refractivity contribution < 1.29 is 9.90 Å². The zero-order valence-corrected chi connectivity index (χ0v) is 21.4. The van der Waals surface area contributed by atoms with E-state index in [1.807, 2.05) is 37.0 Å². The van der Waals surface area contributed by atoms with Gasteiger partial charge in [0, 0.05) is 17.0 Å². The number of ketones is 1. The molecule has 2 aromatic heterocycles. The van der Waals surface area contributed by atoms with Gasteiger partial charge in [0.15, 0.2) is 5.78 Å². The highest BCUT2D eigenvalue weighted by Gasteiger charge is 2.61. The Morgan fingerprint density at radius 3 is 2.65 bits per heavy atom. The molecule has 0 spiro atoms. The molecule has 4 aliphatic rings. The zero-order chi connectivity index (χ0) is 23.9. The third kappa shape index (κ3) is 3.32. The van der Waals surface area contributed by atoms with Crippen molar-refractivity contribution >= 4 is 16.7 Å². The van der Waals surface area contributed by atoms with E-state index >= 15 is 0 Å². The van der Waals surface area contributed by atoms with E-state index in [4.69, 9.17) is 0 Å². The first-order valence-corrected chi connectivity index (χ1v) is 13.6. The maximum atomic E-state index is 13.7. The van der Waals surface area contributed by atoms with Crippen LogP contribution in [0.15, 0.2) is 18.5 Å². The van der Waals surface area contributed by atoms with E-state index in [2.05, 4.69) is 23.9 Å². The van der Waals surface area contributed by atoms with Crippen molar-refractivity contribution in [2.75, 3.05) is 0 Å². The Bertz CT molecular complexity index is 1120. The van der Waals surface area contributed by atoms with Gasteiger partial charge in [0.1, 0.15) is 6.54 Å². The van der Waals surface area contributed by atoms with E-state index in [-0.39, 0.29) is 11.3 Å². The molecule has 2 heterocycles. The summed E-state index contributed by atoms with van der Waals surface area (Å²) in [4.78, 5) is 18.1. The average Bonchev–Trinajstić information content (AvgIpc) is 3.34. The Hall–Kier alpha value is -1.75. The number of hydrogen-bond donors (Lipinski definition) is 1. The van der Waals surface area contributed by atoms with Crippen molar-refractivity contribution in [1.82, 2.24) is 14.8 Å². The molecule has 0 bridgehead atoms. The summed E-state index contributed by atoms with van der Waals surface area (Å²) in [7, 11) is 0.